The number of benzene rings is 3. The molecule has 8 heteroatoms. The van der Waals surface area contributed by atoms with Gasteiger partial charge in [-0.25, -0.2) is 4.79 Å². The third-order valence-corrected chi connectivity index (χ3v) is 5.74. The van der Waals surface area contributed by atoms with Crippen molar-refractivity contribution in [3.8, 4) is 23.0 Å². The van der Waals surface area contributed by atoms with Crippen molar-refractivity contribution < 1.29 is 32.3 Å². The number of hydrogen-bond donors (Lipinski definition) is 1. The molecule has 0 radical (unpaired) electrons. The van der Waals surface area contributed by atoms with Gasteiger partial charge in [0.1, 0.15) is 6.61 Å². The molecule has 0 atom stereocenters. The summed E-state index contributed by atoms with van der Waals surface area (Å²) in [7, 11) is 0. The zero-order valence-corrected chi connectivity index (χ0v) is 18.9. The van der Waals surface area contributed by atoms with Crippen LogP contribution in [0.25, 0.3) is 11.1 Å². The number of ether oxygens (including phenoxy) is 1. The van der Waals surface area contributed by atoms with Crippen molar-refractivity contribution >= 4 is 17.7 Å². The second-order valence-electron chi connectivity index (χ2n) is 8.08. The fourth-order valence-corrected chi connectivity index (χ4v) is 4.00. The molecular formula is C28H20F3NO4. The third-order valence-electron chi connectivity index (χ3n) is 5.74. The lowest BCUT2D eigenvalue weighted by Gasteiger charge is -2.14. The smallest absolute Gasteiger partial charge is 0.449 e. The van der Waals surface area contributed by atoms with Crippen LogP contribution in [0.3, 0.4) is 0 Å². The molecule has 0 saturated carbocycles. The minimum absolute atomic E-state index is 0.0113. The molecule has 36 heavy (non-hydrogen) atoms. The highest BCUT2D eigenvalue weighted by atomic mass is 19.4. The number of carbonyl (C=O) groups excluding carboxylic acids is 3. The SMILES string of the molecule is O=C(NCC#Cc1ccc(C(=O)CC(=O)C(F)(F)F)cc1)OCC1c2ccccc2-c2ccccc21. The number of nitrogens with one attached hydrogen (secondary N) is 1. The van der Waals surface area contributed by atoms with E-state index >= 15 is 0 Å². The van der Waals surface area contributed by atoms with Crippen LogP contribution < -0.4 is 5.32 Å². The number of amides is 1. The van der Waals surface area contributed by atoms with E-state index in [1.807, 2.05) is 48.5 Å². The molecule has 0 heterocycles. The quantitative estimate of drug-likeness (QED) is 0.289. The average molecular weight is 491 g/mol. The summed E-state index contributed by atoms with van der Waals surface area (Å²) in [5, 5.41) is 2.56. The van der Waals surface area contributed by atoms with Crippen LogP contribution in [0.1, 0.15) is 39.4 Å². The summed E-state index contributed by atoms with van der Waals surface area (Å²) in [5.41, 5.74) is 4.95. The third kappa shape index (κ3) is 5.63. The summed E-state index contributed by atoms with van der Waals surface area (Å²) in [5.74, 6) is 2.46. The monoisotopic (exact) mass is 491 g/mol. The second-order valence-corrected chi connectivity index (χ2v) is 8.08. The van der Waals surface area contributed by atoms with Crippen molar-refractivity contribution in [3.05, 3.63) is 95.1 Å². The van der Waals surface area contributed by atoms with Crippen LogP contribution in [0.15, 0.2) is 72.8 Å². The van der Waals surface area contributed by atoms with Crippen LogP contribution in [-0.4, -0.2) is 37.0 Å². The number of carbonyl (C=O) groups is 3. The zero-order chi connectivity index (χ0) is 25.7. The van der Waals surface area contributed by atoms with Crippen molar-refractivity contribution in [1.82, 2.24) is 5.32 Å². The molecule has 3 aromatic carbocycles. The second kappa shape index (κ2) is 10.5. The predicted octanol–water partition coefficient (Wildman–Crippen LogP) is 5.28. The Balaban J connectivity index is 1.27. The molecule has 0 aliphatic heterocycles. The molecule has 0 aromatic heterocycles. The van der Waals surface area contributed by atoms with E-state index in [0.717, 1.165) is 22.3 Å². The van der Waals surface area contributed by atoms with Gasteiger partial charge in [0.25, 0.3) is 0 Å². The van der Waals surface area contributed by atoms with E-state index in [2.05, 4.69) is 17.2 Å². The summed E-state index contributed by atoms with van der Waals surface area (Å²) in [6, 6.07) is 21.5. The molecule has 0 unspecified atom stereocenters. The lowest BCUT2D eigenvalue weighted by Crippen LogP contribution is -2.26. The summed E-state index contributed by atoms with van der Waals surface area (Å²) >= 11 is 0. The summed E-state index contributed by atoms with van der Waals surface area (Å²) in [6.07, 6.45) is -6.89. The highest BCUT2D eigenvalue weighted by Gasteiger charge is 2.39. The predicted molar refractivity (Wildman–Crippen MR) is 126 cm³/mol. The van der Waals surface area contributed by atoms with E-state index in [9.17, 15) is 27.6 Å². The van der Waals surface area contributed by atoms with E-state index in [4.69, 9.17) is 4.74 Å². The van der Waals surface area contributed by atoms with Crippen LogP contribution in [0.5, 0.6) is 0 Å². The molecule has 182 valence electrons. The van der Waals surface area contributed by atoms with E-state index < -0.39 is 30.3 Å². The van der Waals surface area contributed by atoms with Crippen LogP contribution in [-0.2, 0) is 9.53 Å². The standard InChI is InChI=1S/C28H20F3NO4/c29-28(30,31)26(34)16-25(33)19-13-11-18(12-14-19)6-5-15-32-27(35)36-17-24-22-9-3-1-7-20(22)21-8-2-4-10-23(21)24/h1-4,7-14,24H,15-17H2,(H,32,35). The fourth-order valence-electron chi connectivity index (χ4n) is 4.00. The molecule has 1 amide bonds. The number of halogens is 3. The molecule has 4 rings (SSSR count). The van der Waals surface area contributed by atoms with Gasteiger partial charge in [-0.2, -0.15) is 13.2 Å². The Morgan fingerprint density at radius 3 is 2.03 bits per heavy atom. The molecular weight excluding hydrogens is 471 g/mol. The Kier molecular flexibility index (Phi) is 7.20. The number of rotatable bonds is 6. The van der Waals surface area contributed by atoms with Crippen molar-refractivity contribution in [3.63, 3.8) is 0 Å². The van der Waals surface area contributed by atoms with Crippen molar-refractivity contribution in [1.29, 1.82) is 0 Å². The molecule has 0 fully saturated rings. The van der Waals surface area contributed by atoms with Crippen molar-refractivity contribution in [2.45, 2.75) is 18.5 Å². The minimum Gasteiger partial charge on any atom is -0.449 e. The summed E-state index contributed by atoms with van der Waals surface area (Å²) in [6.45, 7) is 0.192. The molecule has 3 aromatic rings. The van der Waals surface area contributed by atoms with Crippen LogP contribution >= 0.6 is 0 Å². The largest absolute Gasteiger partial charge is 0.450 e. The maximum absolute atomic E-state index is 12.3. The number of fused-ring (bicyclic) bond motifs is 3. The Hall–Kier alpha value is -4.38. The first-order valence-corrected chi connectivity index (χ1v) is 11.0. The first-order chi connectivity index (χ1) is 17.2. The van der Waals surface area contributed by atoms with E-state index in [1.165, 1.54) is 24.3 Å². The molecule has 1 N–H and O–H groups in total. The van der Waals surface area contributed by atoms with E-state index in [-0.39, 0.29) is 24.6 Å². The lowest BCUT2D eigenvalue weighted by atomic mass is 9.98. The first-order valence-electron chi connectivity index (χ1n) is 11.0. The van der Waals surface area contributed by atoms with E-state index in [1.54, 1.807) is 0 Å². The topological polar surface area (TPSA) is 72.5 Å². The van der Waals surface area contributed by atoms with Gasteiger partial charge in [0.2, 0.25) is 5.78 Å². The van der Waals surface area contributed by atoms with E-state index in [0.29, 0.717) is 5.56 Å². The van der Waals surface area contributed by atoms with Gasteiger partial charge in [0, 0.05) is 17.0 Å². The van der Waals surface area contributed by atoms with Gasteiger partial charge in [0.15, 0.2) is 5.78 Å². The van der Waals surface area contributed by atoms with Gasteiger partial charge in [0.05, 0.1) is 13.0 Å². The van der Waals surface area contributed by atoms with Gasteiger partial charge < -0.3 is 10.1 Å². The maximum Gasteiger partial charge on any atom is 0.450 e. The van der Waals surface area contributed by atoms with Crippen molar-refractivity contribution in [2.24, 2.45) is 0 Å². The molecule has 0 spiro atoms. The Morgan fingerprint density at radius 2 is 1.44 bits per heavy atom. The fraction of sp³-hybridized carbons (Fsp3) is 0.179. The lowest BCUT2D eigenvalue weighted by molar-refractivity contribution is -0.170. The Morgan fingerprint density at radius 1 is 0.861 bits per heavy atom. The molecule has 0 bridgehead atoms. The number of Topliss-reactive ketones (excluding diaryl/α,β-unsaturated/α-hetero) is 2. The number of alkyl carbamates (subject to hydrolysis) is 1. The van der Waals surface area contributed by atoms with Gasteiger partial charge in [-0.1, -0.05) is 72.5 Å². The van der Waals surface area contributed by atoms with Crippen molar-refractivity contribution in [2.75, 3.05) is 13.2 Å². The molecule has 1 aliphatic rings. The van der Waals surface area contributed by atoms with Crippen LogP contribution in [0, 0.1) is 11.8 Å². The zero-order valence-electron chi connectivity index (χ0n) is 18.9. The average Bonchev–Trinajstić information content (AvgIpc) is 3.19. The maximum atomic E-state index is 12.3. The minimum atomic E-state index is -5.04. The van der Waals surface area contributed by atoms with Gasteiger partial charge in [-0.05, 0) is 34.4 Å². The summed E-state index contributed by atoms with van der Waals surface area (Å²) in [4.78, 5) is 35.0. The number of alkyl halides is 3. The summed E-state index contributed by atoms with van der Waals surface area (Å²) < 4.78 is 42.3. The molecule has 1 aliphatic carbocycles. The normalized spacial score (nSPS) is 12.1. The first kappa shape index (κ1) is 24.7. The van der Waals surface area contributed by atoms with Gasteiger partial charge in [-0.3, -0.25) is 9.59 Å². The number of hydrogen-bond acceptors (Lipinski definition) is 4. The van der Waals surface area contributed by atoms with Gasteiger partial charge in [-0.15, -0.1) is 0 Å². The van der Waals surface area contributed by atoms with Crippen LogP contribution in [0.4, 0.5) is 18.0 Å². The van der Waals surface area contributed by atoms with Gasteiger partial charge >= 0.3 is 12.3 Å². The van der Waals surface area contributed by atoms with Crippen LogP contribution in [0.2, 0.25) is 0 Å². The Bertz CT molecular complexity index is 1320. The highest BCUT2D eigenvalue weighted by Crippen LogP contribution is 2.44. The molecule has 5 nitrogen and oxygen atoms in total. The molecule has 0 saturated heterocycles. The number of ketones is 2. The Labute approximate surface area is 205 Å². The highest BCUT2D eigenvalue weighted by molar-refractivity contribution is 6.09.